The second-order valence-corrected chi connectivity index (χ2v) is 5.72. The molecule has 22 heavy (non-hydrogen) atoms. The average molecular weight is 364 g/mol. The third kappa shape index (κ3) is 4.77. The first-order chi connectivity index (χ1) is 10.6. The Hall–Kier alpha value is -2.01. The second-order valence-electron chi connectivity index (χ2n) is 4.81. The molecule has 4 nitrogen and oxygen atoms in total. The summed E-state index contributed by atoms with van der Waals surface area (Å²) in [6, 6.07) is 13.2. The summed E-state index contributed by atoms with van der Waals surface area (Å²) in [5.74, 6) is 1.26. The summed E-state index contributed by atoms with van der Waals surface area (Å²) in [5.41, 5.74) is 1.73. The molecule has 2 aromatic carbocycles. The first kappa shape index (κ1) is 16.4. The zero-order valence-corrected chi connectivity index (χ0v) is 14.1. The van der Waals surface area contributed by atoms with Crippen molar-refractivity contribution in [1.29, 1.82) is 0 Å². The molecule has 5 heteroatoms. The van der Waals surface area contributed by atoms with Gasteiger partial charge >= 0.3 is 0 Å². The molecule has 0 aliphatic heterocycles. The molecule has 0 spiro atoms. The van der Waals surface area contributed by atoms with Gasteiger partial charge < -0.3 is 14.8 Å². The van der Waals surface area contributed by atoms with Crippen molar-refractivity contribution in [2.75, 3.05) is 19.0 Å². The van der Waals surface area contributed by atoms with Gasteiger partial charge in [0.1, 0.15) is 11.5 Å². The number of anilines is 1. The van der Waals surface area contributed by atoms with E-state index < -0.39 is 0 Å². The summed E-state index contributed by atoms with van der Waals surface area (Å²) >= 11 is 3.38. The number of amides is 1. The minimum absolute atomic E-state index is 0.112. The number of nitrogens with one attached hydrogen (secondary N) is 1. The lowest BCUT2D eigenvalue weighted by Gasteiger charge is -2.11. The fourth-order valence-corrected chi connectivity index (χ4v) is 2.33. The molecule has 0 unspecified atom stereocenters. The lowest BCUT2D eigenvalue weighted by molar-refractivity contribution is -0.116. The fraction of sp³-hybridized carbons (Fsp3) is 0.235. The van der Waals surface area contributed by atoms with Crippen molar-refractivity contribution in [2.24, 2.45) is 0 Å². The van der Waals surface area contributed by atoms with Gasteiger partial charge in [-0.25, -0.2) is 0 Å². The molecule has 2 rings (SSSR count). The summed E-state index contributed by atoms with van der Waals surface area (Å²) in [5, 5.41) is 2.85. The molecule has 0 heterocycles. The number of hydrogen-bond acceptors (Lipinski definition) is 3. The topological polar surface area (TPSA) is 47.6 Å². The molecule has 0 aliphatic rings. The number of methoxy groups -OCH3 is 1. The molecule has 116 valence electrons. The number of rotatable bonds is 6. The minimum atomic E-state index is -0.112. The van der Waals surface area contributed by atoms with Crippen LogP contribution in [0.15, 0.2) is 46.9 Å². The Kier molecular flexibility index (Phi) is 5.83. The van der Waals surface area contributed by atoms with E-state index in [1.807, 2.05) is 49.4 Å². The van der Waals surface area contributed by atoms with Gasteiger partial charge in [-0.15, -0.1) is 0 Å². The molecule has 0 radical (unpaired) electrons. The third-order valence-electron chi connectivity index (χ3n) is 3.02. The molecular formula is C17H18BrNO3. The Morgan fingerprint density at radius 1 is 1.23 bits per heavy atom. The van der Waals surface area contributed by atoms with Crippen LogP contribution < -0.4 is 14.8 Å². The van der Waals surface area contributed by atoms with Crippen molar-refractivity contribution in [3.8, 4) is 11.5 Å². The maximum absolute atomic E-state index is 12.0. The number of carbonyl (C=O) groups is 1. The van der Waals surface area contributed by atoms with E-state index in [-0.39, 0.29) is 12.3 Å². The number of halogens is 1. The van der Waals surface area contributed by atoms with E-state index >= 15 is 0 Å². The molecule has 1 N–H and O–H groups in total. The molecule has 1 amide bonds. The van der Waals surface area contributed by atoms with E-state index in [1.54, 1.807) is 7.11 Å². The fourth-order valence-electron chi connectivity index (χ4n) is 1.95. The molecule has 0 fully saturated rings. The molecule has 0 aliphatic carbocycles. The van der Waals surface area contributed by atoms with E-state index in [1.165, 1.54) is 0 Å². The molecule has 0 saturated carbocycles. The molecule has 0 aromatic heterocycles. The lowest BCUT2D eigenvalue weighted by atomic mass is 10.2. The van der Waals surface area contributed by atoms with Crippen molar-refractivity contribution in [1.82, 2.24) is 0 Å². The number of benzene rings is 2. The number of ether oxygens (including phenoxy) is 2. The highest BCUT2D eigenvalue weighted by atomic mass is 79.9. The van der Waals surface area contributed by atoms with Crippen LogP contribution in [-0.2, 0) is 4.79 Å². The maximum Gasteiger partial charge on any atom is 0.227 e. The van der Waals surface area contributed by atoms with Gasteiger partial charge in [0.15, 0.2) is 0 Å². The van der Waals surface area contributed by atoms with E-state index in [2.05, 4.69) is 21.2 Å². The van der Waals surface area contributed by atoms with E-state index in [9.17, 15) is 4.79 Å². The van der Waals surface area contributed by atoms with Crippen LogP contribution in [0.4, 0.5) is 5.69 Å². The number of hydrogen-bond donors (Lipinski definition) is 1. The van der Waals surface area contributed by atoms with Crippen molar-refractivity contribution >= 4 is 27.5 Å². The first-order valence-electron chi connectivity index (χ1n) is 6.91. The predicted octanol–water partition coefficient (Wildman–Crippen LogP) is 4.17. The Labute approximate surface area is 138 Å². The first-order valence-corrected chi connectivity index (χ1v) is 7.70. The van der Waals surface area contributed by atoms with Crippen molar-refractivity contribution < 1.29 is 14.3 Å². The number of aryl methyl sites for hydroxylation is 1. The third-order valence-corrected chi connectivity index (χ3v) is 3.52. The number of carbonyl (C=O) groups excluding carboxylic acids is 1. The SMILES string of the molecule is COc1ccc(C)cc1NC(=O)CCOc1cccc(Br)c1. The van der Waals surface area contributed by atoms with Crippen LogP contribution in [0.1, 0.15) is 12.0 Å². The Bertz CT molecular complexity index is 658. The van der Waals surface area contributed by atoms with Gasteiger partial charge in [-0.3, -0.25) is 4.79 Å². The predicted molar refractivity (Wildman–Crippen MR) is 90.6 cm³/mol. The van der Waals surface area contributed by atoms with Crippen LogP contribution in [-0.4, -0.2) is 19.6 Å². The van der Waals surface area contributed by atoms with Crippen LogP contribution >= 0.6 is 15.9 Å². The molecular weight excluding hydrogens is 346 g/mol. The monoisotopic (exact) mass is 363 g/mol. The highest BCUT2D eigenvalue weighted by Crippen LogP contribution is 2.25. The van der Waals surface area contributed by atoms with Crippen LogP contribution in [0.2, 0.25) is 0 Å². The zero-order chi connectivity index (χ0) is 15.9. The lowest BCUT2D eigenvalue weighted by Crippen LogP contribution is -2.15. The summed E-state index contributed by atoms with van der Waals surface area (Å²) in [6.07, 6.45) is 0.267. The van der Waals surface area contributed by atoms with Crippen LogP contribution in [0.3, 0.4) is 0 Å². The highest BCUT2D eigenvalue weighted by molar-refractivity contribution is 9.10. The Morgan fingerprint density at radius 2 is 2.05 bits per heavy atom. The van der Waals surface area contributed by atoms with Crippen LogP contribution in [0.25, 0.3) is 0 Å². The maximum atomic E-state index is 12.0. The van der Waals surface area contributed by atoms with Gasteiger partial charge in [0, 0.05) is 4.47 Å². The van der Waals surface area contributed by atoms with E-state index in [0.717, 1.165) is 15.8 Å². The molecule has 0 atom stereocenters. The van der Waals surface area contributed by atoms with Crippen LogP contribution in [0.5, 0.6) is 11.5 Å². The average Bonchev–Trinajstić information content (AvgIpc) is 2.47. The van der Waals surface area contributed by atoms with E-state index in [4.69, 9.17) is 9.47 Å². The summed E-state index contributed by atoms with van der Waals surface area (Å²) < 4.78 is 11.7. The Morgan fingerprint density at radius 3 is 2.77 bits per heavy atom. The molecule has 0 saturated heterocycles. The minimum Gasteiger partial charge on any atom is -0.495 e. The summed E-state index contributed by atoms with van der Waals surface area (Å²) in [7, 11) is 1.58. The highest BCUT2D eigenvalue weighted by Gasteiger charge is 2.08. The van der Waals surface area contributed by atoms with Crippen molar-refractivity contribution in [3.63, 3.8) is 0 Å². The molecule has 0 bridgehead atoms. The van der Waals surface area contributed by atoms with Crippen LogP contribution in [0, 0.1) is 6.92 Å². The van der Waals surface area contributed by atoms with Crippen molar-refractivity contribution in [3.05, 3.63) is 52.5 Å². The zero-order valence-electron chi connectivity index (χ0n) is 12.6. The van der Waals surface area contributed by atoms with Gasteiger partial charge in [-0.05, 0) is 42.8 Å². The second kappa shape index (κ2) is 7.84. The van der Waals surface area contributed by atoms with E-state index in [0.29, 0.717) is 18.0 Å². The van der Waals surface area contributed by atoms with Crippen molar-refractivity contribution in [2.45, 2.75) is 13.3 Å². The smallest absolute Gasteiger partial charge is 0.227 e. The Balaban J connectivity index is 1.87. The van der Waals surface area contributed by atoms with Gasteiger partial charge in [-0.1, -0.05) is 28.1 Å². The van der Waals surface area contributed by atoms with Gasteiger partial charge in [0.2, 0.25) is 5.91 Å². The van der Waals surface area contributed by atoms with Gasteiger partial charge in [-0.2, -0.15) is 0 Å². The summed E-state index contributed by atoms with van der Waals surface area (Å²) in [4.78, 5) is 12.0. The quantitative estimate of drug-likeness (QED) is 0.837. The summed E-state index contributed by atoms with van der Waals surface area (Å²) in [6.45, 7) is 2.28. The largest absolute Gasteiger partial charge is 0.495 e. The van der Waals surface area contributed by atoms with Gasteiger partial charge in [0.05, 0.1) is 25.8 Å². The van der Waals surface area contributed by atoms with Gasteiger partial charge in [0.25, 0.3) is 0 Å². The normalized spacial score (nSPS) is 10.1. The standard InChI is InChI=1S/C17H18BrNO3/c1-12-6-7-16(21-2)15(10-12)19-17(20)8-9-22-14-5-3-4-13(18)11-14/h3-7,10-11H,8-9H2,1-2H3,(H,19,20). The molecule has 2 aromatic rings.